The second kappa shape index (κ2) is 7.91. The predicted octanol–water partition coefficient (Wildman–Crippen LogP) is 5.58. The van der Waals surface area contributed by atoms with Crippen molar-refractivity contribution in [2.24, 2.45) is 0 Å². The van der Waals surface area contributed by atoms with Crippen LogP contribution in [-0.4, -0.2) is 21.5 Å². The maximum Gasteiger partial charge on any atom is 0.224 e. The van der Waals surface area contributed by atoms with Crippen molar-refractivity contribution in [1.29, 1.82) is 0 Å². The molecule has 2 heterocycles. The molecule has 1 N–H and O–H groups in total. The van der Waals surface area contributed by atoms with Gasteiger partial charge in [-0.2, -0.15) is 0 Å². The number of anilines is 1. The Morgan fingerprint density at radius 3 is 2.37 bits per heavy atom. The number of pyridine rings is 1. The first kappa shape index (κ1) is 17.7. The molecule has 0 fully saturated rings. The van der Waals surface area contributed by atoms with Crippen LogP contribution in [0.25, 0.3) is 10.9 Å². The van der Waals surface area contributed by atoms with E-state index in [-0.39, 0.29) is 11.2 Å². The van der Waals surface area contributed by atoms with Crippen molar-refractivity contribution in [3.63, 3.8) is 0 Å². The molecule has 27 heavy (non-hydrogen) atoms. The van der Waals surface area contributed by atoms with Gasteiger partial charge in [0.25, 0.3) is 0 Å². The first-order chi connectivity index (χ1) is 13.2. The third-order valence-corrected chi connectivity index (χ3v) is 4.72. The fourth-order valence-electron chi connectivity index (χ4n) is 3.08. The van der Waals surface area contributed by atoms with E-state index in [0.29, 0.717) is 17.5 Å². The minimum atomic E-state index is 0.0115. The van der Waals surface area contributed by atoms with Gasteiger partial charge in [0.15, 0.2) is 0 Å². The number of para-hydroxylation sites is 1. The van der Waals surface area contributed by atoms with Gasteiger partial charge in [0.2, 0.25) is 5.28 Å². The Bertz CT molecular complexity index is 1070. The molecule has 0 saturated carbocycles. The van der Waals surface area contributed by atoms with Gasteiger partial charge in [0, 0.05) is 17.8 Å². The number of aromatic nitrogens is 3. The molecule has 4 rings (SSSR count). The van der Waals surface area contributed by atoms with Gasteiger partial charge >= 0.3 is 0 Å². The molecule has 0 bridgehead atoms. The molecule has 4 nitrogen and oxygen atoms in total. The lowest BCUT2D eigenvalue weighted by Gasteiger charge is -2.19. The Morgan fingerprint density at radius 2 is 1.56 bits per heavy atom. The van der Waals surface area contributed by atoms with Gasteiger partial charge in [-0.1, -0.05) is 60.1 Å². The zero-order chi connectivity index (χ0) is 18.6. The summed E-state index contributed by atoms with van der Waals surface area (Å²) in [7, 11) is 0. The topological polar surface area (TPSA) is 50.7 Å². The smallest absolute Gasteiger partial charge is 0.224 e. The molecular weight excluding hydrogens is 379 g/mol. The second-order valence-corrected chi connectivity index (χ2v) is 6.81. The average Bonchev–Trinajstić information content (AvgIpc) is 2.69. The van der Waals surface area contributed by atoms with Crippen molar-refractivity contribution >= 4 is 39.9 Å². The standard InChI is InChI=1S/C21H16Cl2N4/c22-19-12-6-11-18(25-19)16(14-7-2-1-3-8-14)13-24-20-15-9-4-5-10-17(15)26-21(23)27-20/h1-12,16H,13H2,(H,24,26,27). The monoisotopic (exact) mass is 394 g/mol. The zero-order valence-corrected chi connectivity index (χ0v) is 15.8. The summed E-state index contributed by atoms with van der Waals surface area (Å²) in [5.41, 5.74) is 2.84. The van der Waals surface area contributed by atoms with Crippen LogP contribution in [0, 0.1) is 0 Å². The molecule has 0 aliphatic carbocycles. The normalized spacial score (nSPS) is 12.1. The predicted molar refractivity (Wildman–Crippen MR) is 111 cm³/mol. The maximum atomic E-state index is 6.12. The van der Waals surface area contributed by atoms with Crippen molar-refractivity contribution in [2.75, 3.05) is 11.9 Å². The van der Waals surface area contributed by atoms with Gasteiger partial charge in [-0.15, -0.1) is 0 Å². The van der Waals surface area contributed by atoms with E-state index in [1.807, 2.05) is 54.6 Å². The first-order valence-electron chi connectivity index (χ1n) is 8.54. The lowest BCUT2D eigenvalue weighted by molar-refractivity contribution is 0.813. The van der Waals surface area contributed by atoms with Gasteiger partial charge in [-0.25, -0.2) is 15.0 Å². The van der Waals surface area contributed by atoms with Crippen molar-refractivity contribution in [3.05, 3.63) is 94.5 Å². The number of halogens is 2. The highest BCUT2D eigenvalue weighted by atomic mass is 35.5. The quantitative estimate of drug-likeness (QED) is 0.354. The van der Waals surface area contributed by atoms with Crippen LogP contribution in [0.5, 0.6) is 0 Å². The highest BCUT2D eigenvalue weighted by molar-refractivity contribution is 6.29. The molecule has 0 spiro atoms. The lowest BCUT2D eigenvalue weighted by atomic mass is 9.95. The van der Waals surface area contributed by atoms with E-state index in [1.54, 1.807) is 6.07 Å². The molecule has 6 heteroatoms. The Kier molecular flexibility index (Phi) is 5.19. The van der Waals surface area contributed by atoms with Crippen molar-refractivity contribution in [3.8, 4) is 0 Å². The minimum absolute atomic E-state index is 0.0115. The molecule has 134 valence electrons. The zero-order valence-electron chi connectivity index (χ0n) is 14.3. The van der Waals surface area contributed by atoms with E-state index in [2.05, 4.69) is 32.4 Å². The van der Waals surface area contributed by atoms with Crippen molar-refractivity contribution < 1.29 is 0 Å². The highest BCUT2D eigenvalue weighted by Gasteiger charge is 2.17. The van der Waals surface area contributed by atoms with Crippen molar-refractivity contribution in [1.82, 2.24) is 15.0 Å². The largest absolute Gasteiger partial charge is 0.368 e. The van der Waals surface area contributed by atoms with Gasteiger partial charge in [-0.05, 0) is 41.4 Å². The van der Waals surface area contributed by atoms with Gasteiger partial charge in [0.05, 0.1) is 11.2 Å². The summed E-state index contributed by atoms with van der Waals surface area (Å²) in [6.45, 7) is 0.592. The van der Waals surface area contributed by atoms with Crippen LogP contribution in [0.15, 0.2) is 72.8 Å². The van der Waals surface area contributed by atoms with Gasteiger partial charge in [-0.3, -0.25) is 0 Å². The molecule has 1 unspecified atom stereocenters. The number of nitrogens with one attached hydrogen (secondary N) is 1. The average molecular weight is 395 g/mol. The Morgan fingerprint density at radius 1 is 0.778 bits per heavy atom. The number of hydrogen-bond donors (Lipinski definition) is 1. The summed E-state index contributed by atoms with van der Waals surface area (Å²) in [4.78, 5) is 13.2. The summed E-state index contributed by atoms with van der Waals surface area (Å²) in [6.07, 6.45) is 0. The Balaban J connectivity index is 1.69. The van der Waals surface area contributed by atoms with E-state index in [0.717, 1.165) is 22.2 Å². The third-order valence-electron chi connectivity index (χ3n) is 4.35. The Labute approximate surface area is 167 Å². The van der Waals surface area contributed by atoms with Crippen LogP contribution in [-0.2, 0) is 0 Å². The summed E-state index contributed by atoms with van der Waals surface area (Å²) in [5.74, 6) is 0.714. The van der Waals surface area contributed by atoms with Crippen LogP contribution in [0.1, 0.15) is 17.2 Å². The Hall–Kier alpha value is -2.69. The van der Waals surface area contributed by atoms with Crippen LogP contribution in [0.3, 0.4) is 0 Å². The number of nitrogens with zero attached hydrogens (tertiary/aromatic N) is 3. The number of fused-ring (bicyclic) bond motifs is 1. The maximum absolute atomic E-state index is 6.12. The fraction of sp³-hybridized carbons (Fsp3) is 0.0952. The number of benzene rings is 2. The van der Waals surface area contributed by atoms with E-state index in [9.17, 15) is 0 Å². The first-order valence-corrected chi connectivity index (χ1v) is 9.30. The number of hydrogen-bond acceptors (Lipinski definition) is 4. The summed E-state index contributed by atoms with van der Waals surface area (Å²) >= 11 is 12.2. The fourth-order valence-corrected chi connectivity index (χ4v) is 3.42. The van der Waals surface area contributed by atoms with E-state index in [1.165, 1.54) is 0 Å². The van der Waals surface area contributed by atoms with E-state index < -0.39 is 0 Å². The lowest BCUT2D eigenvalue weighted by Crippen LogP contribution is -2.16. The minimum Gasteiger partial charge on any atom is -0.368 e. The molecule has 1 atom stereocenters. The molecule has 0 aliphatic heterocycles. The van der Waals surface area contributed by atoms with Crippen molar-refractivity contribution in [2.45, 2.75) is 5.92 Å². The third kappa shape index (κ3) is 4.02. The van der Waals surface area contributed by atoms with Crippen LogP contribution >= 0.6 is 23.2 Å². The second-order valence-electron chi connectivity index (χ2n) is 6.09. The molecule has 2 aromatic heterocycles. The molecule has 4 aromatic rings. The summed E-state index contributed by atoms with van der Waals surface area (Å²) in [6, 6.07) is 23.7. The van der Waals surface area contributed by atoms with E-state index >= 15 is 0 Å². The molecular formula is C21H16Cl2N4. The molecule has 2 aromatic carbocycles. The molecule has 0 aliphatic rings. The van der Waals surface area contributed by atoms with Crippen LogP contribution in [0.4, 0.5) is 5.82 Å². The summed E-state index contributed by atoms with van der Waals surface area (Å²) < 4.78 is 0. The molecule has 0 saturated heterocycles. The number of rotatable bonds is 5. The molecule has 0 radical (unpaired) electrons. The van der Waals surface area contributed by atoms with Crippen LogP contribution < -0.4 is 5.32 Å². The van der Waals surface area contributed by atoms with Gasteiger partial charge in [0.1, 0.15) is 11.0 Å². The van der Waals surface area contributed by atoms with Crippen LogP contribution in [0.2, 0.25) is 10.4 Å². The summed E-state index contributed by atoms with van der Waals surface area (Å²) in [5, 5.41) is 5.04. The SMILES string of the molecule is Clc1cccc(C(CNc2nc(Cl)nc3ccccc23)c2ccccc2)n1. The van der Waals surface area contributed by atoms with Gasteiger partial charge < -0.3 is 5.32 Å². The molecule has 0 amide bonds. The highest BCUT2D eigenvalue weighted by Crippen LogP contribution is 2.27. The van der Waals surface area contributed by atoms with E-state index in [4.69, 9.17) is 23.2 Å².